The lowest BCUT2D eigenvalue weighted by atomic mass is 9.82. The third-order valence-electron chi connectivity index (χ3n) is 3.93. The van der Waals surface area contributed by atoms with Gasteiger partial charge in [0.1, 0.15) is 5.69 Å². The van der Waals surface area contributed by atoms with Gasteiger partial charge in [0, 0.05) is 17.6 Å². The van der Waals surface area contributed by atoms with Gasteiger partial charge < -0.3 is 10.4 Å². The standard InChI is InChI=1S/C14H17ClN2O4/c15-11-5-6-13(17(20)21)12(7-11)16-8-9-1-3-10(4-2-9)14(18)19/h5-7,9-10,16H,1-4,8H2,(H,18,19). The summed E-state index contributed by atoms with van der Waals surface area (Å²) in [6, 6.07) is 4.41. The smallest absolute Gasteiger partial charge is 0.306 e. The van der Waals surface area contributed by atoms with Crippen LogP contribution >= 0.6 is 11.6 Å². The Morgan fingerprint density at radius 3 is 2.62 bits per heavy atom. The Morgan fingerprint density at radius 1 is 1.38 bits per heavy atom. The highest BCUT2D eigenvalue weighted by atomic mass is 35.5. The van der Waals surface area contributed by atoms with Gasteiger partial charge in [-0.1, -0.05) is 11.6 Å². The molecule has 21 heavy (non-hydrogen) atoms. The van der Waals surface area contributed by atoms with E-state index in [4.69, 9.17) is 16.7 Å². The second-order valence-electron chi connectivity index (χ2n) is 5.36. The lowest BCUT2D eigenvalue weighted by molar-refractivity contribution is -0.384. The normalized spacial score (nSPS) is 21.8. The second-order valence-corrected chi connectivity index (χ2v) is 5.79. The van der Waals surface area contributed by atoms with Crippen LogP contribution in [0.1, 0.15) is 25.7 Å². The number of carboxylic acids is 1. The molecule has 2 rings (SSSR count). The molecule has 0 heterocycles. The molecular weight excluding hydrogens is 296 g/mol. The highest BCUT2D eigenvalue weighted by molar-refractivity contribution is 6.31. The quantitative estimate of drug-likeness (QED) is 0.640. The predicted molar refractivity (Wildman–Crippen MR) is 79.7 cm³/mol. The highest BCUT2D eigenvalue weighted by Crippen LogP contribution is 2.31. The molecule has 6 nitrogen and oxygen atoms in total. The summed E-state index contributed by atoms with van der Waals surface area (Å²) in [5.74, 6) is -0.646. The zero-order chi connectivity index (χ0) is 15.4. The van der Waals surface area contributed by atoms with Crippen molar-refractivity contribution < 1.29 is 14.8 Å². The molecule has 0 bridgehead atoms. The summed E-state index contributed by atoms with van der Waals surface area (Å²) in [5, 5.41) is 23.4. The first-order chi connectivity index (χ1) is 9.97. The largest absolute Gasteiger partial charge is 0.481 e. The Labute approximate surface area is 127 Å². The van der Waals surface area contributed by atoms with E-state index in [1.165, 1.54) is 12.1 Å². The molecule has 0 amide bonds. The number of halogens is 1. The number of rotatable bonds is 5. The zero-order valence-electron chi connectivity index (χ0n) is 11.4. The van der Waals surface area contributed by atoms with Gasteiger partial charge in [-0.3, -0.25) is 14.9 Å². The molecule has 1 aliphatic carbocycles. The molecule has 0 aliphatic heterocycles. The first-order valence-corrected chi connectivity index (χ1v) is 7.25. The second kappa shape index (κ2) is 6.76. The van der Waals surface area contributed by atoms with E-state index >= 15 is 0 Å². The average molecular weight is 313 g/mol. The van der Waals surface area contributed by atoms with Gasteiger partial charge in [0.15, 0.2) is 0 Å². The molecule has 2 N–H and O–H groups in total. The third kappa shape index (κ3) is 4.07. The fourth-order valence-electron chi connectivity index (χ4n) is 2.68. The molecule has 7 heteroatoms. The molecule has 0 aromatic heterocycles. The van der Waals surface area contributed by atoms with Crippen LogP contribution in [0.25, 0.3) is 0 Å². The Hall–Kier alpha value is -1.82. The molecule has 1 aromatic rings. The van der Waals surface area contributed by atoms with Crippen LogP contribution in [0, 0.1) is 22.0 Å². The van der Waals surface area contributed by atoms with Crippen molar-refractivity contribution in [1.29, 1.82) is 0 Å². The minimum atomic E-state index is -0.730. The molecule has 1 aliphatic rings. The van der Waals surface area contributed by atoms with Crippen molar-refractivity contribution in [1.82, 2.24) is 0 Å². The zero-order valence-corrected chi connectivity index (χ0v) is 12.2. The SMILES string of the molecule is O=C(O)C1CCC(CNc2cc(Cl)ccc2[N+](=O)[O-])CC1. The van der Waals surface area contributed by atoms with E-state index in [2.05, 4.69) is 5.32 Å². The first-order valence-electron chi connectivity index (χ1n) is 6.88. The van der Waals surface area contributed by atoms with Crippen LogP contribution < -0.4 is 5.32 Å². The van der Waals surface area contributed by atoms with E-state index in [-0.39, 0.29) is 11.6 Å². The van der Waals surface area contributed by atoms with E-state index in [1.54, 1.807) is 6.07 Å². The summed E-state index contributed by atoms with van der Waals surface area (Å²) >= 11 is 5.87. The number of carbonyl (C=O) groups is 1. The number of nitrogens with zero attached hydrogens (tertiary/aromatic N) is 1. The van der Waals surface area contributed by atoms with Gasteiger partial charge in [-0.25, -0.2) is 0 Å². The maximum absolute atomic E-state index is 11.0. The Kier molecular flexibility index (Phi) is 5.01. The minimum absolute atomic E-state index is 0.00128. The summed E-state index contributed by atoms with van der Waals surface area (Å²) in [5.41, 5.74) is 0.409. The Balaban J connectivity index is 1.93. The molecule has 0 atom stereocenters. The molecule has 0 spiro atoms. The van der Waals surface area contributed by atoms with Crippen molar-refractivity contribution in [2.75, 3.05) is 11.9 Å². The number of carboxylic acid groups (broad SMARTS) is 1. The van der Waals surface area contributed by atoms with Crippen molar-refractivity contribution in [3.63, 3.8) is 0 Å². The number of nitro groups is 1. The topological polar surface area (TPSA) is 92.5 Å². The van der Waals surface area contributed by atoms with Gasteiger partial charge in [-0.15, -0.1) is 0 Å². The van der Waals surface area contributed by atoms with Gasteiger partial charge in [-0.05, 0) is 43.7 Å². The van der Waals surface area contributed by atoms with E-state index in [0.29, 0.717) is 36.0 Å². The van der Waals surface area contributed by atoms with Crippen LogP contribution in [-0.2, 0) is 4.79 Å². The van der Waals surface area contributed by atoms with Crippen molar-refractivity contribution >= 4 is 28.9 Å². The van der Waals surface area contributed by atoms with Gasteiger partial charge in [0.05, 0.1) is 10.8 Å². The van der Waals surface area contributed by atoms with Crippen LogP contribution in [0.4, 0.5) is 11.4 Å². The molecule has 0 saturated heterocycles. The number of nitrogens with one attached hydrogen (secondary N) is 1. The average Bonchev–Trinajstić information content (AvgIpc) is 2.45. The van der Waals surface area contributed by atoms with Gasteiger partial charge in [0.2, 0.25) is 0 Å². The lowest BCUT2D eigenvalue weighted by Crippen LogP contribution is -2.25. The Bertz CT molecular complexity index is 542. The highest BCUT2D eigenvalue weighted by Gasteiger charge is 2.26. The maximum atomic E-state index is 11.0. The van der Waals surface area contributed by atoms with Gasteiger partial charge >= 0.3 is 5.97 Å². The first kappa shape index (κ1) is 15.6. The molecule has 114 valence electrons. The number of nitro benzene ring substituents is 1. The van der Waals surface area contributed by atoms with Crippen LogP contribution in [0.5, 0.6) is 0 Å². The van der Waals surface area contributed by atoms with Crippen LogP contribution in [0.3, 0.4) is 0 Å². The van der Waals surface area contributed by atoms with E-state index < -0.39 is 10.9 Å². The summed E-state index contributed by atoms with van der Waals surface area (Å²) in [7, 11) is 0. The van der Waals surface area contributed by atoms with Crippen LogP contribution in [0.15, 0.2) is 18.2 Å². The van der Waals surface area contributed by atoms with Crippen molar-refractivity contribution in [3.8, 4) is 0 Å². The van der Waals surface area contributed by atoms with Crippen LogP contribution in [0.2, 0.25) is 5.02 Å². The maximum Gasteiger partial charge on any atom is 0.306 e. The Morgan fingerprint density at radius 2 is 2.05 bits per heavy atom. The number of benzene rings is 1. The monoisotopic (exact) mass is 312 g/mol. The molecule has 0 radical (unpaired) electrons. The van der Waals surface area contributed by atoms with Crippen molar-refractivity contribution in [2.45, 2.75) is 25.7 Å². The molecule has 1 fully saturated rings. The van der Waals surface area contributed by atoms with E-state index in [1.807, 2.05) is 0 Å². The van der Waals surface area contributed by atoms with E-state index in [0.717, 1.165) is 12.8 Å². The molecular formula is C14H17ClN2O4. The molecule has 1 saturated carbocycles. The summed E-state index contributed by atoms with van der Waals surface area (Å²) < 4.78 is 0. The molecule has 0 unspecified atom stereocenters. The minimum Gasteiger partial charge on any atom is -0.481 e. The fourth-order valence-corrected chi connectivity index (χ4v) is 2.85. The number of hydrogen-bond acceptors (Lipinski definition) is 4. The lowest BCUT2D eigenvalue weighted by Gasteiger charge is -2.26. The van der Waals surface area contributed by atoms with Crippen LogP contribution in [-0.4, -0.2) is 22.5 Å². The van der Waals surface area contributed by atoms with Gasteiger partial charge in [-0.2, -0.15) is 0 Å². The van der Waals surface area contributed by atoms with E-state index in [9.17, 15) is 14.9 Å². The third-order valence-corrected chi connectivity index (χ3v) is 4.17. The summed E-state index contributed by atoms with van der Waals surface area (Å²) in [6.45, 7) is 0.591. The predicted octanol–water partition coefficient (Wildman–Crippen LogP) is 3.55. The van der Waals surface area contributed by atoms with Crippen molar-refractivity contribution in [2.24, 2.45) is 11.8 Å². The number of anilines is 1. The number of aliphatic carboxylic acids is 1. The number of hydrogen-bond donors (Lipinski definition) is 2. The van der Waals surface area contributed by atoms with Gasteiger partial charge in [0.25, 0.3) is 5.69 Å². The summed E-state index contributed by atoms with van der Waals surface area (Å²) in [4.78, 5) is 21.4. The fraction of sp³-hybridized carbons (Fsp3) is 0.500. The molecule has 1 aromatic carbocycles. The summed E-state index contributed by atoms with van der Waals surface area (Å²) in [6.07, 6.45) is 2.97. The van der Waals surface area contributed by atoms with Crippen molar-refractivity contribution in [3.05, 3.63) is 33.3 Å².